The molecule has 0 aliphatic carbocycles. The van der Waals surface area contributed by atoms with Crippen molar-refractivity contribution in [3.63, 3.8) is 0 Å². The molecule has 9 nitrogen and oxygen atoms in total. The fourth-order valence-electron chi connectivity index (χ4n) is 2.25. The highest BCUT2D eigenvalue weighted by Crippen LogP contribution is 2.28. The molecule has 0 bridgehead atoms. The molecule has 0 radical (unpaired) electrons. The molecule has 0 atom stereocenters. The van der Waals surface area contributed by atoms with E-state index < -0.39 is 27.7 Å². The van der Waals surface area contributed by atoms with Gasteiger partial charge in [-0.15, -0.1) is 0 Å². The number of benzene rings is 1. The van der Waals surface area contributed by atoms with Crippen molar-refractivity contribution in [3.05, 3.63) is 41.9 Å². The zero-order valence-electron chi connectivity index (χ0n) is 14.1. The maximum atomic E-state index is 12.5. The van der Waals surface area contributed by atoms with E-state index in [1.807, 2.05) is 0 Å². The summed E-state index contributed by atoms with van der Waals surface area (Å²) in [5.74, 6) is -3.22. The minimum Gasteiger partial charge on any atom is -0.506 e. The number of carboxylic acid groups (broad SMARTS) is 1. The van der Waals surface area contributed by atoms with Crippen LogP contribution in [-0.2, 0) is 10.0 Å². The average molecular weight is 382 g/mol. The van der Waals surface area contributed by atoms with E-state index in [2.05, 4.69) is 5.32 Å². The lowest BCUT2D eigenvalue weighted by molar-refractivity contribution is 0.0660. The van der Waals surface area contributed by atoms with E-state index >= 15 is 0 Å². The molecule has 10 heteroatoms. The molecule has 1 aromatic carbocycles. The Morgan fingerprint density at radius 3 is 2.27 bits per heavy atom. The lowest BCUT2D eigenvalue weighted by atomic mass is 10.3. The summed E-state index contributed by atoms with van der Waals surface area (Å²) in [6.07, 6.45) is 0. The second-order valence-corrected chi connectivity index (χ2v) is 7.13. The van der Waals surface area contributed by atoms with Crippen LogP contribution in [0.5, 0.6) is 5.75 Å². The van der Waals surface area contributed by atoms with Gasteiger partial charge >= 0.3 is 5.97 Å². The number of hydrogen-bond acceptors (Lipinski definition) is 6. The van der Waals surface area contributed by atoms with Gasteiger partial charge in [-0.1, -0.05) is 13.8 Å². The number of furan rings is 1. The Morgan fingerprint density at radius 2 is 1.73 bits per heavy atom. The standard InChI is InChI=1S/C16H18N2O7S/c1-3-18(4-2)26(23,24)10-5-6-12(19)11(9-10)17-15(20)13-7-8-14(25-13)16(21)22/h5-9,19H,3-4H2,1-2H3,(H,17,20)(H,21,22). The molecule has 0 aliphatic rings. The number of carbonyl (C=O) groups excluding carboxylic acids is 1. The summed E-state index contributed by atoms with van der Waals surface area (Å²) >= 11 is 0. The van der Waals surface area contributed by atoms with Crippen molar-refractivity contribution in [2.75, 3.05) is 18.4 Å². The van der Waals surface area contributed by atoms with Crippen LogP contribution in [0.2, 0.25) is 0 Å². The van der Waals surface area contributed by atoms with E-state index in [4.69, 9.17) is 9.52 Å². The molecule has 3 N–H and O–H groups in total. The van der Waals surface area contributed by atoms with Crippen molar-refractivity contribution in [2.45, 2.75) is 18.7 Å². The van der Waals surface area contributed by atoms with Crippen LogP contribution in [0.4, 0.5) is 5.69 Å². The van der Waals surface area contributed by atoms with Gasteiger partial charge in [0.1, 0.15) is 5.75 Å². The van der Waals surface area contributed by atoms with E-state index in [9.17, 15) is 23.1 Å². The number of carboxylic acids is 1. The van der Waals surface area contributed by atoms with Crippen LogP contribution in [0.3, 0.4) is 0 Å². The molecule has 0 unspecified atom stereocenters. The van der Waals surface area contributed by atoms with Gasteiger partial charge in [0, 0.05) is 13.1 Å². The summed E-state index contributed by atoms with van der Waals surface area (Å²) in [5, 5.41) is 21.0. The number of nitrogens with zero attached hydrogens (tertiary/aromatic N) is 1. The number of hydrogen-bond donors (Lipinski definition) is 3. The third-order valence-corrected chi connectivity index (χ3v) is 5.65. The Balaban J connectivity index is 2.32. The van der Waals surface area contributed by atoms with Gasteiger partial charge in [-0.05, 0) is 30.3 Å². The summed E-state index contributed by atoms with van der Waals surface area (Å²) in [5.41, 5.74) is -0.142. The first-order chi connectivity index (χ1) is 12.2. The molecule has 1 heterocycles. The van der Waals surface area contributed by atoms with Crippen molar-refractivity contribution >= 4 is 27.6 Å². The summed E-state index contributed by atoms with van der Waals surface area (Å²) in [6.45, 7) is 3.93. The Kier molecular flexibility index (Phi) is 5.68. The molecule has 0 saturated heterocycles. The van der Waals surface area contributed by atoms with Gasteiger partial charge in [0.05, 0.1) is 10.6 Å². The molecule has 140 valence electrons. The van der Waals surface area contributed by atoms with Gasteiger partial charge in [0.15, 0.2) is 5.76 Å². The number of rotatable bonds is 7. The maximum Gasteiger partial charge on any atom is 0.371 e. The van der Waals surface area contributed by atoms with E-state index in [1.165, 1.54) is 10.4 Å². The number of anilines is 1. The fraction of sp³-hybridized carbons (Fsp3) is 0.250. The molecular weight excluding hydrogens is 364 g/mol. The number of phenolic OH excluding ortho intramolecular Hbond substituents is 1. The maximum absolute atomic E-state index is 12.5. The summed E-state index contributed by atoms with van der Waals surface area (Å²) in [4.78, 5) is 22.8. The first-order valence-corrected chi connectivity index (χ1v) is 9.12. The van der Waals surface area contributed by atoms with E-state index in [-0.39, 0.29) is 35.2 Å². The fourth-order valence-corrected chi connectivity index (χ4v) is 3.73. The SMILES string of the molecule is CCN(CC)S(=O)(=O)c1ccc(O)c(NC(=O)c2ccc(C(=O)O)o2)c1. The first-order valence-electron chi connectivity index (χ1n) is 7.68. The molecule has 1 amide bonds. The molecule has 0 fully saturated rings. The number of carbonyl (C=O) groups is 2. The Morgan fingerprint density at radius 1 is 1.12 bits per heavy atom. The van der Waals surface area contributed by atoms with Gasteiger partial charge in [0.25, 0.3) is 5.91 Å². The number of aromatic carboxylic acids is 1. The topological polar surface area (TPSA) is 137 Å². The van der Waals surface area contributed by atoms with Crippen LogP contribution >= 0.6 is 0 Å². The Hall–Kier alpha value is -2.85. The predicted molar refractivity (Wildman–Crippen MR) is 91.8 cm³/mol. The lowest BCUT2D eigenvalue weighted by Crippen LogP contribution is -2.30. The summed E-state index contributed by atoms with van der Waals surface area (Å²) in [7, 11) is -3.78. The van der Waals surface area contributed by atoms with Crippen LogP contribution < -0.4 is 5.32 Å². The lowest BCUT2D eigenvalue weighted by Gasteiger charge is -2.19. The van der Waals surface area contributed by atoms with E-state index in [0.717, 1.165) is 24.3 Å². The number of sulfonamides is 1. The van der Waals surface area contributed by atoms with Gasteiger partial charge in [0.2, 0.25) is 15.8 Å². The molecule has 26 heavy (non-hydrogen) atoms. The number of phenols is 1. The first kappa shape index (κ1) is 19.5. The van der Waals surface area contributed by atoms with Crippen LogP contribution in [0.25, 0.3) is 0 Å². The molecule has 0 spiro atoms. The number of amides is 1. The highest BCUT2D eigenvalue weighted by molar-refractivity contribution is 7.89. The minimum absolute atomic E-state index is 0.0973. The summed E-state index contributed by atoms with van der Waals surface area (Å²) < 4.78 is 31.2. The zero-order valence-corrected chi connectivity index (χ0v) is 14.9. The third-order valence-electron chi connectivity index (χ3n) is 3.60. The van der Waals surface area contributed by atoms with Crippen molar-refractivity contribution in [1.29, 1.82) is 0 Å². The largest absolute Gasteiger partial charge is 0.506 e. The molecule has 0 aliphatic heterocycles. The molecule has 2 aromatic rings. The van der Waals surface area contributed by atoms with Crippen molar-refractivity contribution < 1.29 is 32.6 Å². The highest BCUT2D eigenvalue weighted by Gasteiger charge is 2.23. The second kappa shape index (κ2) is 7.58. The van der Waals surface area contributed by atoms with Crippen molar-refractivity contribution in [3.8, 4) is 5.75 Å². The summed E-state index contributed by atoms with van der Waals surface area (Å²) in [6, 6.07) is 5.78. The third kappa shape index (κ3) is 3.86. The molecule has 1 aromatic heterocycles. The molecule has 2 rings (SSSR count). The van der Waals surface area contributed by atoms with Crippen LogP contribution in [0.15, 0.2) is 39.6 Å². The van der Waals surface area contributed by atoms with E-state index in [0.29, 0.717) is 0 Å². The second-order valence-electron chi connectivity index (χ2n) is 5.19. The number of nitrogens with one attached hydrogen (secondary N) is 1. The molecule has 0 saturated carbocycles. The average Bonchev–Trinajstić information content (AvgIpc) is 3.08. The zero-order chi connectivity index (χ0) is 19.5. The quantitative estimate of drug-likeness (QED) is 0.623. The van der Waals surface area contributed by atoms with Crippen LogP contribution in [0, 0.1) is 0 Å². The predicted octanol–water partition coefficient (Wildman–Crippen LogP) is 1.97. The number of aromatic hydroxyl groups is 1. The highest BCUT2D eigenvalue weighted by atomic mass is 32.2. The van der Waals surface area contributed by atoms with Crippen LogP contribution in [0.1, 0.15) is 35.0 Å². The normalized spacial score (nSPS) is 11.5. The smallest absolute Gasteiger partial charge is 0.371 e. The van der Waals surface area contributed by atoms with E-state index in [1.54, 1.807) is 13.8 Å². The van der Waals surface area contributed by atoms with Gasteiger partial charge < -0.3 is 19.9 Å². The molecular formula is C16H18N2O7S. The monoisotopic (exact) mass is 382 g/mol. The van der Waals surface area contributed by atoms with Crippen molar-refractivity contribution in [1.82, 2.24) is 4.31 Å². The van der Waals surface area contributed by atoms with Gasteiger partial charge in [-0.2, -0.15) is 4.31 Å². The van der Waals surface area contributed by atoms with Crippen molar-refractivity contribution in [2.24, 2.45) is 0 Å². The Labute approximate surface area is 149 Å². The van der Waals surface area contributed by atoms with Gasteiger partial charge in [-0.3, -0.25) is 4.79 Å². The van der Waals surface area contributed by atoms with Crippen LogP contribution in [-0.4, -0.2) is 47.9 Å². The Bertz CT molecular complexity index is 930. The van der Waals surface area contributed by atoms with Gasteiger partial charge in [-0.25, -0.2) is 13.2 Å². The minimum atomic E-state index is -3.78.